The number of nitrogens with one attached hydrogen (secondary N) is 2. The minimum Gasteiger partial charge on any atom is -0.352 e. The van der Waals surface area contributed by atoms with E-state index in [-0.39, 0.29) is 24.5 Å². The van der Waals surface area contributed by atoms with Crippen LogP contribution in [0.5, 0.6) is 0 Å². The summed E-state index contributed by atoms with van der Waals surface area (Å²) in [6.07, 6.45) is 3.80. The van der Waals surface area contributed by atoms with E-state index in [2.05, 4.69) is 54.3 Å². The maximum Gasteiger partial charge on any atom is 0.244 e. The molecule has 34 heavy (non-hydrogen) atoms. The molecule has 2 aromatic carbocycles. The molecule has 0 spiro atoms. The van der Waals surface area contributed by atoms with Gasteiger partial charge in [0.05, 0.1) is 17.8 Å². The van der Waals surface area contributed by atoms with Crippen molar-refractivity contribution in [3.05, 3.63) is 113 Å². The van der Waals surface area contributed by atoms with Crippen LogP contribution in [0.15, 0.2) is 102 Å². The van der Waals surface area contributed by atoms with Crippen molar-refractivity contribution in [1.82, 2.24) is 19.8 Å². The molecule has 2 N–H and O–H groups in total. The van der Waals surface area contributed by atoms with Crippen LogP contribution in [0.25, 0.3) is 5.69 Å². The molecule has 1 aliphatic rings. The molecule has 1 amide bonds. The van der Waals surface area contributed by atoms with Gasteiger partial charge in [0.15, 0.2) is 5.11 Å². The van der Waals surface area contributed by atoms with E-state index in [1.165, 1.54) is 0 Å². The van der Waals surface area contributed by atoms with Gasteiger partial charge < -0.3 is 20.1 Å². The number of carbonyl (C=O) groups excluding carboxylic acids is 1. The fourth-order valence-electron chi connectivity index (χ4n) is 4.25. The van der Waals surface area contributed by atoms with Crippen LogP contribution in [-0.4, -0.2) is 32.0 Å². The second kappa shape index (κ2) is 9.79. The van der Waals surface area contributed by atoms with Gasteiger partial charge in [0.2, 0.25) is 5.91 Å². The third kappa shape index (κ3) is 4.60. The quantitative estimate of drug-likeness (QED) is 0.333. The lowest BCUT2D eigenvalue weighted by Gasteiger charge is -2.28. The molecular weight excluding hydrogens is 510 g/mol. The van der Waals surface area contributed by atoms with Crippen molar-refractivity contribution in [3.63, 3.8) is 0 Å². The van der Waals surface area contributed by atoms with E-state index in [1.807, 2.05) is 77.8 Å². The molecular formula is C26H22BrN5OS. The Bertz CT molecular complexity index is 1290. The Kier molecular flexibility index (Phi) is 6.42. The standard InChI is InChI=1S/C26H22BrN5OS/c27-18-11-13-20(14-12-18)31-16-6-10-22(31)25-24(21-9-4-5-15-28-21)30-26(34)32(25)17-23(33)29-19-7-2-1-3-8-19/h1-16,24-25H,17H2,(H,29,33)(H,30,34)/t24-,25-/m1/s1. The Hall–Kier alpha value is -3.49. The number of hydrogen-bond acceptors (Lipinski definition) is 3. The number of anilines is 1. The molecule has 1 aliphatic heterocycles. The van der Waals surface area contributed by atoms with Crippen molar-refractivity contribution in [2.75, 3.05) is 11.9 Å². The van der Waals surface area contributed by atoms with Crippen LogP contribution in [0.3, 0.4) is 0 Å². The number of nitrogens with zero attached hydrogens (tertiary/aromatic N) is 3. The molecule has 0 saturated carbocycles. The summed E-state index contributed by atoms with van der Waals surface area (Å²) in [5, 5.41) is 6.90. The zero-order valence-electron chi connectivity index (χ0n) is 18.1. The van der Waals surface area contributed by atoms with Gasteiger partial charge in [-0.15, -0.1) is 0 Å². The summed E-state index contributed by atoms with van der Waals surface area (Å²) in [4.78, 5) is 19.5. The summed E-state index contributed by atoms with van der Waals surface area (Å²) in [5.41, 5.74) is 3.65. The summed E-state index contributed by atoms with van der Waals surface area (Å²) in [5.74, 6) is -0.135. The first-order valence-corrected chi connectivity index (χ1v) is 12.1. The van der Waals surface area contributed by atoms with Crippen LogP contribution in [0, 0.1) is 0 Å². The third-order valence-corrected chi connectivity index (χ3v) is 6.64. The zero-order chi connectivity index (χ0) is 23.5. The molecule has 0 unspecified atom stereocenters. The number of thiocarbonyl (C=S) groups is 1. The van der Waals surface area contributed by atoms with Gasteiger partial charge in [-0.05, 0) is 72.9 Å². The van der Waals surface area contributed by atoms with E-state index >= 15 is 0 Å². The van der Waals surface area contributed by atoms with Crippen molar-refractivity contribution >= 4 is 44.9 Å². The minimum absolute atomic E-state index is 0.111. The van der Waals surface area contributed by atoms with Gasteiger partial charge in [-0.25, -0.2) is 0 Å². The molecule has 0 radical (unpaired) electrons. The van der Waals surface area contributed by atoms with Gasteiger partial charge in [-0.2, -0.15) is 0 Å². The topological polar surface area (TPSA) is 62.2 Å². The summed E-state index contributed by atoms with van der Waals surface area (Å²) < 4.78 is 3.14. The van der Waals surface area contributed by atoms with E-state index < -0.39 is 0 Å². The average Bonchev–Trinajstić information content (AvgIpc) is 3.45. The first-order chi connectivity index (χ1) is 16.6. The van der Waals surface area contributed by atoms with Gasteiger partial charge in [0, 0.05) is 33.9 Å². The number of pyridine rings is 1. The van der Waals surface area contributed by atoms with Gasteiger partial charge in [-0.3, -0.25) is 9.78 Å². The Morgan fingerprint density at radius 3 is 2.50 bits per heavy atom. The zero-order valence-corrected chi connectivity index (χ0v) is 20.5. The highest BCUT2D eigenvalue weighted by Crippen LogP contribution is 2.39. The third-order valence-electron chi connectivity index (χ3n) is 5.76. The number of rotatable bonds is 6. The van der Waals surface area contributed by atoms with Crippen molar-refractivity contribution in [2.24, 2.45) is 0 Å². The molecule has 2 atom stereocenters. The van der Waals surface area contributed by atoms with Crippen molar-refractivity contribution in [2.45, 2.75) is 12.1 Å². The SMILES string of the molecule is O=C(CN1C(=S)N[C@H](c2ccccn2)[C@H]1c1cccn1-c1ccc(Br)cc1)Nc1ccccc1. The number of para-hydroxylation sites is 1. The molecule has 170 valence electrons. The highest BCUT2D eigenvalue weighted by Gasteiger charge is 2.42. The highest BCUT2D eigenvalue weighted by molar-refractivity contribution is 9.10. The molecule has 1 saturated heterocycles. The largest absolute Gasteiger partial charge is 0.352 e. The predicted octanol–water partition coefficient (Wildman–Crippen LogP) is 5.25. The molecule has 2 aromatic heterocycles. The summed E-state index contributed by atoms with van der Waals surface area (Å²) in [7, 11) is 0. The lowest BCUT2D eigenvalue weighted by Crippen LogP contribution is -2.37. The lowest BCUT2D eigenvalue weighted by molar-refractivity contribution is -0.116. The second-order valence-corrected chi connectivity index (χ2v) is 9.25. The van der Waals surface area contributed by atoms with Gasteiger partial charge in [0.1, 0.15) is 6.54 Å². The Morgan fingerprint density at radius 1 is 1.00 bits per heavy atom. The maximum atomic E-state index is 13.0. The summed E-state index contributed by atoms with van der Waals surface area (Å²) in [6, 6.07) is 27.0. The molecule has 0 bridgehead atoms. The molecule has 3 heterocycles. The van der Waals surface area contributed by atoms with Crippen LogP contribution in [0.4, 0.5) is 5.69 Å². The van der Waals surface area contributed by atoms with Crippen molar-refractivity contribution < 1.29 is 4.79 Å². The molecule has 5 rings (SSSR count). The maximum absolute atomic E-state index is 13.0. The first kappa shape index (κ1) is 22.3. The monoisotopic (exact) mass is 531 g/mol. The average molecular weight is 532 g/mol. The van der Waals surface area contributed by atoms with E-state index in [4.69, 9.17) is 12.2 Å². The fraction of sp³-hybridized carbons (Fsp3) is 0.115. The number of hydrogen-bond donors (Lipinski definition) is 2. The van der Waals surface area contributed by atoms with Crippen molar-refractivity contribution in [3.8, 4) is 5.69 Å². The van der Waals surface area contributed by atoms with E-state index in [9.17, 15) is 4.79 Å². The van der Waals surface area contributed by atoms with Crippen molar-refractivity contribution in [1.29, 1.82) is 0 Å². The van der Waals surface area contributed by atoms with Crippen LogP contribution in [0.1, 0.15) is 23.5 Å². The highest BCUT2D eigenvalue weighted by atomic mass is 79.9. The Balaban J connectivity index is 1.51. The lowest BCUT2D eigenvalue weighted by atomic mass is 10.0. The summed E-state index contributed by atoms with van der Waals surface area (Å²) in [6.45, 7) is 0.111. The Morgan fingerprint density at radius 2 is 1.76 bits per heavy atom. The minimum atomic E-state index is -0.234. The normalized spacial score (nSPS) is 17.4. The number of carbonyl (C=O) groups is 1. The van der Waals surface area contributed by atoms with Gasteiger partial charge >= 0.3 is 0 Å². The van der Waals surface area contributed by atoms with Crippen LogP contribution in [0.2, 0.25) is 0 Å². The number of aromatic nitrogens is 2. The van der Waals surface area contributed by atoms with Gasteiger partial charge in [0.25, 0.3) is 0 Å². The number of benzene rings is 2. The second-order valence-electron chi connectivity index (χ2n) is 7.95. The first-order valence-electron chi connectivity index (χ1n) is 10.9. The molecule has 6 nitrogen and oxygen atoms in total. The fourth-order valence-corrected chi connectivity index (χ4v) is 4.82. The predicted molar refractivity (Wildman–Crippen MR) is 141 cm³/mol. The molecule has 4 aromatic rings. The molecule has 1 fully saturated rings. The molecule has 8 heteroatoms. The number of halogens is 1. The van der Waals surface area contributed by atoms with E-state index in [0.29, 0.717) is 5.11 Å². The van der Waals surface area contributed by atoms with E-state index in [0.717, 1.165) is 27.2 Å². The van der Waals surface area contributed by atoms with Crippen LogP contribution in [-0.2, 0) is 4.79 Å². The van der Waals surface area contributed by atoms with Gasteiger partial charge in [-0.1, -0.05) is 40.2 Å². The summed E-state index contributed by atoms with van der Waals surface area (Å²) >= 11 is 9.23. The molecule has 0 aliphatic carbocycles. The van der Waals surface area contributed by atoms with Crippen LogP contribution < -0.4 is 10.6 Å². The van der Waals surface area contributed by atoms with Crippen LogP contribution >= 0.6 is 28.1 Å². The number of amides is 1. The smallest absolute Gasteiger partial charge is 0.244 e. The van der Waals surface area contributed by atoms with E-state index in [1.54, 1.807) is 6.20 Å². The Labute approximate surface area is 211 Å².